The van der Waals surface area contributed by atoms with Crippen LogP contribution < -0.4 is 15.4 Å². The van der Waals surface area contributed by atoms with Gasteiger partial charge in [-0.2, -0.15) is 0 Å². The second-order valence-electron chi connectivity index (χ2n) is 10.0. The van der Waals surface area contributed by atoms with E-state index in [0.29, 0.717) is 35.8 Å². The van der Waals surface area contributed by atoms with Crippen molar-refractivity contribution in [2.75, 3.05) is 25.5 Å². The van der Waals surface area contributed by atoms with Gasteiger partial charge in [0.25, 0.3) is 5.91 Å². The van der Waals surface area contributed by atoms with Gasteiger partial charge in [0, 0.05) is 19.3 Å². The maximum Gasteiger partial charge on any atom is 0.257 e. The van der Waals surface area contributed by atoms with E-state index in [-0.39, 0.29) is 49.0 Å². The molecule has 5 rings (SSSR count). The third-order valence-electron chi connectivity index (χ3n) is 7.20. The van der Waals surface area contributed by atoms with Gasteiger partial charge in [0.15, 0.2) is 0 Å². The van der Waals surface area contributed by atoms with Crippen LogP contribution in [0.3, 0.4) is 0 Å². The van der Waals surface area contributed by atoms with E-state index in [1.807, 2.05) is 30.3 Å². The zero-order valence-electron chi connectivity index (χ0n) is 20.6. The fraction of sp³-hybridized carbons (Fsp3) is 0.464. The van der Waals surface area contributed by atoms with Crippen LogP contribution in [0.15, 0.2) is 48.5 Å². The number of anilines is 1. The number of fused-ring (bicyclic) bond motifs is 2. The minimum absolute atomic E-state index is 0.0220. The Morgan fingerprint density at radius 2 is 1.83 bits per heavy atom. The summed E-state index contributed by atoms with van der Waals surface area (Å²) >= 11 is 0. The highest BCUT2D eigenvalue weighted by atomic mass is 16.5. The lowest BCUT2D eigenvalue weighted by molar-refractivity contribution is -0.134. The molecule has 0 aromatic heterocycles. The third-order valence-corrected chi connectivity index (χ3v) is 7.20. The molecule has 0 unspecified atom stereocenters. The highest BCUT2D eigenvalue weighted by Crippen LogP contribution is 2.33. The Kier molecular flexibility index (Phi) is 7.23. The molecule has 0 spiro atoms. The Labute approximate surface area is 211 Å². The molecule has 3 atom stereocenters. The van der Waals surface area contributed by atoms with Gasteiger partial charge < -0.3 is 25.0 Å². The van der Waals surface area contributed by atoms with Crippen molar-refractivity contribution in [2.24, 2.45) is 5.92 Å². The lowest BCUT2D eigenvalue weighted by Gasteiger charge is -2.42. The van der Waals surface area contributed by atoms with Crippen molar-refractivity contribution >= 4 is 23.4 Å². The SMILES string of the molecule is CN1C(=O)c2cc(NC(=O)Cc3ccccc3)ccc2OC[C@@H]2O[C@@H](CC(=O)NCC3CC3)CC[C@H]21. The quantitative estimate of drug-likeness (QED) is 0.620. The van der Waals surface area contributed by atoms with Crippen molar-refractivity contribution in [3.05, 3.63) is 59.7 Å². The molecule has 2 aromatic carbocycles. The van der Waals surface area contributed by atoms with E-state index >= 15 is 0 Å². The smallest absolute Gasteiger partial charge is 0.257 e. The van der Waals surface area contributed by atoms with Gasteiger partial charge in [-0.3, -0.25) is 14.4 Å². The molecule has 1 saturated heterocycles. The van der Waals surface area contributed by atoms with Crippen LogP contribution in [-0.4, -0.2) is 61.1 Å². The van der Waals surface area contributed by atoms with E-state index in [1.165, 1.54) is 12.8 Å². The topological polar surface area (TPSA) is 97.0 Å². The normalized spacial score (nSPS) is 23.4. The minimum Gasteiger partial charge on any atom is -0.490 e. The molecule has 1 aliphatic carbocycles. The monoisotopic (exact) mass is 491 g/mol. The van der Waals surface area contributed by atoms with Crippen LogP contribution in [-0.2, 0) is 20.7 Å². The van der Waals surface area contributed by atoms with Gasteiger partial charge in [-0.15, -0.1) is 0 Å². The summed E-state index contributed by atoms with van der Waals surface area (Å²) in [6, 6.07) is 14.5. The number of carbonyl (C=O) groups is 3. The molecule has 36 heavy (non-hydrogen) atoms. The highest BCUT2D eigenvalue weighted by molar-refractivity contribution is 6.00. The van der Waals surface area contributed by atoms with Crippen LogP contribution in [0.2, 0.25) is 0 Å². The van der Waals surface area contributed by atoms with Gasteiger partial charge >= 0.3 is 0 Å². The number of amides is 3. The van der Waals surface area contributed by atoms with Crippen LogP contribution in [0.4, 0.5) is 5.69 Å². The second-order valence-corrected chi connectivity index (χ2v) is 10.0. The standard InChI is InChI=1S/C28H33N3O5/c1-31-23-11-10-21(15-26(32)29-16-19-7-8-19)36-25(23)17-35-24-12-9-20(14-22(24)28(31)34)30-27(33)13-18-5-3-2-4-6-18/h2-6,9,12,14,19,21,23,25H,7-8,10-11,13,15-17H2,1H3,(H,29,32)(H,30,33)/t21-,23-,25+/m1/s1. The number of rotatable bonds is 7. The Morgan fingerprint density at radius 3 is 2.61 bits per heavy atom. The van der Waals surface area contributed by atoms with Crippen molar-refractivity contribution in [1.29, 1.82) is 0 Å². The van der Waals surface area contributed by atoms with Crippen molar-refractivity contribution < 1.29 is 23.9 Å². The molecule has 0 bridgehead atoms. The average molecular weight is 492 g/mol. The van der Waals surface area contributed by atoms with Crippen LogP contribution in [0.1, 0.15) is 48.0 Å². The first-order valence-corrected chi connectivity index (χ1v) is 12.8. The van der Waals surface area contributed by atoms with E-state index in [9.17, 15) is 14.4 Å². The third kappa shape index (κ3) is 5.87. The second kappa shape index (κ2) is 10.7. The van der Waals surface area contributed by atoms with Crippen molar-refractivity contribution in [3.8, 4) is 5.75 Å². The van der Waals surface area contributed by atoms with Crippen LogP contribution in [0.5, 0.6) is 5.75 Å². The summed E-state index contributed by atoms with van der Waals surface area (Å²) in [4.78, 5) is 39.9. The number of carbonyl (C=O) groups excluding carboxylic acids is 3. The summed E-state index contributed by atoms with van der Waals surface area (Å²) in [5, 5.41) is 5.89. The maximum atomic E-state index is 13.4. The highest BCUT2D eigenvalue weighted by Gasteiger charge is 2.39. The molecular formula is C28H33N3O5. The molecule has 3 aliphatic rings. The lowest BCUT2D eigenvalue weighted by Crippen LogP contribution is -2.54. The number of benzene rings is 2. The van der Waals surface area contributed by atoms with Crippen molar-refractivity contribution in [2.45, 2.75) is 56.8 Å². The maximum absolute atomic E-state index is 13.4. The van der Waals surface area contributed by atoms with Gasteiger partial charge in [0.1, 0.15) is 18.5 Å². The predicted molar refractivity (Wildman–Crippen MR) is 135 cm³/mol. The van der Waals surface area contributed by atoms with E-state index in [4.69, 9.17) is 9.47 Å². The van der Waals surface area contributed by atoms with Gasteiger partial charge in [0.2, 0.25) is 11.8 Å². The van der Waals surface area contributed by atoms with E-state index in [2.05, 4.69) is 10.6 Å². The molecular weight excluding hydrogens is 458 g/mol. The lowest BCUT2D eigenvalue weighted by atomic mass is 9.94. The molecule has 1 saturated carbocycles. The molecule has 2 aromatic rings. The summed E-state index contributed by atoms with van der Waals surface area (Å²) in [6.07, 6.45) is 3.93. The van der Waals surface area contributed by atoms with Gasteiger partial charge in [-0.1, -0.05) is 30.3 Å². The molecule has 8 heteroatoms. The largest absolute Gasteiger partial charge is 0.490 e. The first kappa shape index (κ1) is 24.3. The molecule has 3 amide bonds. The first-order valence-electron chi connectivity index (χ1n) is 12.8. The molecule has 190 valence electrons. The van der Waals surface area contributed by atoms with Gasteiger partial charge in [-0.25, -0.2) is 0 Å². The van der Waals surface area contributed by atoms with E-state index in [1.54, 1.807) is 30.1 Å². The van der Waals surface area contributed by atoms with Crippen LogP contribution in [0.25, 0.3) is 0 Å². The summed E-state index contributed by atoms with van der Waals surface area (Å²) < 4.78 is 12.3. The van der Waals surface area contributed by atoms with Crippen molar-refractivity contribution in [3.63, 3.8) is 0 Å². The Bertz CT molecular complexity index is 1120. The fourth-order valence-corrected chi connectivity index (χ4v) is 4.95. The zero-order valence-corrected chi connectivity index (χ0v) is 20.6. The number of ether oxygens (including phenoxy) is 2. The van der Waals surface area contributed by atoms with E-state index in [0.717, 1.165) is 18.5 Å². The Morgan fingerprint density at radius 1 is 1.03 bits per heavy atom. The molecule has 2 aliphatic heterocycles. The number of likely N-dealkylation sites (N-methyl/N-ethyl adjacent to an activating group) is 1. The summed E-state index contributed by atoms with van der Waals surface area (Å²) in [5.74, 6) is 0.791. The van der Waals surface area contributed by atoms with Gasteiger partial charge in [0.05, 0.1) is 30.6 Å². The number of nitrogens with one attached hydrogen (secondary N) is 2. The van der Waals surface area contributed by atoms with Crippen LogP contribution in [0, 0.1) is 5.92 Å². The molecule has 0 radical (unpaired) electrons. The Balaban J connectivity index is 1.22. The van der Waals surface area contributed by atoms with Crippen LogP contribution >= 0.6 is 0 Å². The first-order chi connectivity index (χ1) is 17.5. The van der Waals surface area contributed by atoms with E-state index < -0.39 is 0 Å². The minimum atomic E-state index is -0.313. The predicted octanol–water partition coefficient (Wildman–Crippen LogP) is 3.16. The molecule has 8 nitrogen and oxygen atoms in total. The number of hydrogen-bond acceptors (Lipinski definition) is 5. The number of hydrogen-bond donors (Lipinski definition) is 2. The summed E-state index contributed by atoms with van der Waals surface area (Å²) in [6.45, 7) is 1.04. The Hall–Kier alpha value is -3.39. The summed E-state index contributed by atoms with van der Waals surface area (Å²) in [5.41, 5.74) is 1.88. The van der Waals surface area contributed by atoms with Crippen molar-refractivity contribution in [1.82, 2.24) is 10.2 Å². The molecule has 2 fully saturated rings. The molecule has 2 N–H and O–H groups in total. The molecule has 2 heterocycles. The summed E-state index contributed by atoms with van der Waals surface area (Å²) in [7, 11) is 1.78. The number of nitrogens with zero attached hydrogens (tertiary/aromatic N) is 1. The fourth-order valence-electron chi connectivity index (χ4n) is 4.95. The average Bonchev–Trinajstić information content (AvgIpc) is 3.70. The van der Waals surface area contributed by atoms with Gasteiger partial charge in [-0.05, 0) is 55.4 Å². The zero-order chi connectivity index (χ0) is 25.1.